The molecule has 1 aliphatic heterocycles. The van der Waals surface area contributed by atoms with E-state index in [9.17, 15) is 9.59 Å². The molecule has 0 aromatic rings. The van der Waals surface area contributed by atoms with Crippen molar-refractivity contribution in [3.63, 3.8) is 0 Å². The van der Waals surface area contributed by atoms with Crippen molar-refractivity contribution < 1.29 is 19.1 Å². The molecule has 0 spiro atoms. The van der Waals surface area contributed by atoms with Gasteiger partial charge >= 0.3 is 5.97 Å². The van der Waals surface area contributed by atoms with E-state index >= 15 is 0 Å². The van der Waals surface area contributed by atoms with Crippen molar-refractivity contribution in [1.82, 2.24) is 9.80 Å². The van der Waals surface area contributed by atoms with Gasteiger partial charge in [-0.2, -0.15) is 0 Å². The first kappa shape index (κ1) is 17.9. The number of carbonyl (C=O) groups is 2. The molecule has 1 atom stereocenters. The molecule has 6 nitrogen and oxygen atoms in total. The number of hydrogen-bond donors (Lipinski definition) is 0. The molecule has 0 aliphatic carbocycles. The van der Waals surface area contributed by atoms with Gasteiger partial charge in [0.05, 0.1) is 13.0 Å². The summed E-state index contributed by atoms with van der Waals surface area (Å²) in [4.78, 5) is 27.7. The van der Waals surface area contributed by atoms with E-state index in [0.29, 0.717) is 26.3 Å². The first-order valence-corrected chi connectivity index (χ1v) is 7.75. The Labute approximate surface area is 127 Å². The van der Waals surface area contributed by atoms with Gasteiger partial charge in [0.25, 0.3) is 5.91 Å². The minimum Gasteiger partial charge on any atom is -0.466 e. The van der Waals surface area contributed by atoms with Crippen LogP contribution in [0.2, 0.25) is 0 Å². The van der Waals surface area contributed by atoms with Gasteiger partial charge in [0.1, 0.15) is 6.10 Å². The fourth-order valence-corrected chi connectivity index (χ4v) is 2.35. The van der Waals surface area contributed by atoms with E-state index in [0.717, 1.165) is 25.8 Å². The quantitative estimate of drug-likeness (QED) is 0.592. The maximum Gasteiger partial charge on any atom is 0.307 e. The molecule has 1 amide bonds. The number of esters is 1. The zero-order chi connectivity index (χ0) is 15.7. The largest absolute Gasteiger partial charge is 0.466 e. The van der Waals surface area contributed by atoms with Crippen LogP contribution < -0.4 is 0 Å². The van der Waals surface area contributed by atoms with Crippen molar-refractivity contribution in [3.8, 4) is 0 Å². The second-order valence-electron chi connectivity index (χ2n) is 5.54. The van der Waals surface area contributed by atoms with Gasteiger partial charge in [-0.1, -0.05) is 0 Å². The fraction of sp³-hybridized carbons (Fsp3) is 0.867. The van der Waals surface area contributed by atoms with Crippen molar-refractivity contribution >= 4 is 11.9 Å². The van der Waals surface area contributed by atoms with Crippen LogP contribution in [0.15, 0.2) is 0 Å². The number of ether oxygens (including phenoxy) is 2. The van der Waals surface area contributed by atoms with E-state index in [4.69, 9.17) is 9.47 Å². The first-order valence-electron chi connectivity index (χ1n) is 7.75. The molecule has 1 aliphatic rings. The predicted octanol–water partition coefficient (Wildman–Crippen LogP) is 0.899. The molecule has 0 radical (unpaired) electrons. The molecule has 1 heterocycles. The van der Waals surface area contributed by atoms with Crippen molar-refractivity contribution in [2.24, 2.45) is 0 Å². The summed E-state index contributed by atoms with van der Waals surface area (Å²) in [6.07, 6.45) is 2.51. The number of carbonyl (C=O) groups excluding carboxylic acids is 2. The third-order valence-electron chi connectivity index (χ3n) is 3.44. The third-order valence-corrected chi connectivity index (χ3v) is 3.44. The lowest BCUT2D eigenvalue weighted by molar-refractivity contribution is -0.146. The summed E-state index contributed by atoms with van der Waals surface area (Å²) < 4.78 is 10.4. The third kappa shape index (κ3) is 6.91. The molecule has 0 aromatic carbocycles. The predicted molar refractivity (Wildman–Crippen MR) is 80.0 cm³/mol. The van der Waals surface area contributed by atoms with Gasteiger partial charge in [0.2, 0.25) is 0 Å². The monoisotopic (exact) mass is 300 g/mol. The Balaban J connectivity index is 2.47. The Hall–Kier alpha value is -1.14. The number of nitrogens with zero attached hydrogens (tertiary/aromatic N) is 2. The van der Waals surface area contributed by atoms with Crippen molar-refractivity contribution in [2.45, 2.75) is 38.7 Å². The Morgan fingerprint density at radius 2 is 2.00 bits per heavy atom. The molecule has 1 unspecified atom stereocenters. The van der Waals surface area contributed by atoms with Crippen LogP contribution >= 0.6 is 0 Å². The molecule has 1 fully saturated rings. The summed E-state index contributed by atoms with van der Waals surface area (Å²) in [6, 6.07) is 0. The summed E-state index contributed by atoms with van der Waals surface area (Å²) in [6.45, 7) is 4.78. The average Bonchev–Trinajstić information content (AvgIpc) is 2.95. The van der Waals surface area contributed by atoms with Gasteiger partial charge < -0.3 is 19.3 Å². The summed E-state index contributed by atoms with van der Waals surface area (Å²) >= 11 is 0. The van der Waals surface area contributed by atoms with Gasteiger partial charge in [0, 0.05) is 19.7 Å². The minimum atomic E-state index is -0.327. The topological polar surface area (TPSA) is 59.1 Å². The second-order valence-corrected chi connectivity index (χ2v) is 5.54. The van der Waals surface area contributed by atoms with Gasteiger partial charge in [-0.3, -0.25) is 9.59 Å². The van der Waals surface area contributed by atoms with Crippen molar-refractivity contribution in [1.29, 1.82) is 0 Å². The highest BCUT2D eigenvalue weighted by Gasteiger charge is 2.28. The van der Waals surface area contributed by atoms with Gasteiger partial charge in [-0.25, -0.2) is 0 Å². The molecule has 6 heteroatoms. The molecule has 1 saturated heterocycles. The van der Waals surface area contributed by atoms with Crippen LogP contribution in [-0.4, -0.2) is 74.7 Å². The van der Waals surface area contributed by atoms with Gasteiger partial charge in [-0.05, 0) is 46.8 Å². The van der Waals surface area contributed by atoms with E-state index in [1.54, 1.807) is 11.8 Å². The van der Waals surface area contributed by atoms with Crippen LogP contribution in [0.3, 0.4) is 0 Å². The standard InChI is InChI=1S/C15H28N2O4/c1-4-20-14(18)8-11-17(10-6-9-16(2)3)15(19)13-7-5-12-21-13/h13H,4-12H2,1-3H3. The molecule has 0 saturated carbocycles. The fourth-order valence-electron chi connectivity index (χ4n) is 2.35. The molecule has 21 heavy (non-hydrogen) atoms. The summed E-state index contributed by atoms with van der Waals surface area (Å²) in [7, 11) is 4.01. The van der Waals surface area contributed by atoms with Crippen LogP contribution in [0.25, 0.3) is 0 Å². The highest BCUT2D eigenvalue weighted by molar-refractivity contribution is 5.81. The Morgan fingerprint density at radius 3 is 2.57 bits per heavy atom. The molecular weight excluding hydrogens is 272 g/mol. The summed E-state index contributed by atoms with van der Waals surface area (Å²) in [5, 5.41) is 0. The zero-order valence-corrected chi connectivity index (χ0v) is 13.5. The molecular formula is C15H28N2O4. The normalized spacial score (nSPS) is 18.0. The zero-order valence-electron chi connectivity index (χ0n) is 13.5. The summed E-state index contributed by atoms with van der Waals surface area (Å²) in [5.74, 6) is -0.245. The van der Waals surface area contributed by atoms with Gasteiger partial charge in [0.15, 0.2) is 0 Å². The first-order chi connectivity index (χ1) is 10.0. The van der Waals surface area contributed by atoms with E-state index in [2.05, 4.69) is 4.90 Å². The molecule has 0 bridgehead atoms. The minimum absolute atomic E-state index is 0.00977. The van der Waals surface area contributed by atoms with Crippen LogP contribution in [0, 0.1) is 0 Å². The maximum atomic E-state index is 12.4. The van der Waals surface area contributed by atoms with E-state index < -0.39 is 0 Å². The van der Waals surface area contributed by atoms with E-state index in [-0.39, 0.29) is 24.4 Å². The van der Waals surface area contributed by atoms with Crippen LogP contribution in [0.4, 0.5) is 0 Å². The van der Waals surface area contributed by atoms with E-state index in [1.165, 1.54) is 0 Å². The SMILES string of the molecule is CCOC(=O)CCN(CCCN(C)C)C(=O)C1CCCO1. The Kier molecular flexibility index (Phi) is 8.30. The smallest absolute Gasteiger partial charge is 0.307 e. The van der Waals surface area contributed by atoms with Gasteiger partial charge in [-0.15, -0.1) is 0 Å². The van der Waals surface area contributed by atoms with Crippen LogP contribution in [-0.2, 0) is 19.1 Å². The van der Waals surface area contributed by atoms with E-state index in [1.807, 2.05) is 14.1 Å². The van der Waals surface area contributed by atoms with Crippen molar-refractivity contribution in [3.05, 3.63) is 0 Å². The number of rotatable bonds is 9. The molecule has 0 N–H and O–H groups in total. The lowest BCUT2D eigenvalue weighted by Gasteiger charge is -2.25. The second kappa shape index (κ2) is 9.73. The van der Waals surface area contributed by atoms with Crippen LogP contribution in [0.1, 0.15) is 32.6 Å². The van der Waals surface area contributed by atoms with Crippen molar-refractivity contribution in [2.75, 3.05) is 46.9 Å². The Bertz CT molecular complexity index is 328. The average molecular weight is 300 g/mol. The Morgan fingerprint density at radius 1 is 1.24 bits per heavy atom. The molecule has 0 aromatic heterocycles. The summed E-state index contributed by atoms with van der Waals surface area (Å²) in [5.41, 5.74) is 0. The van der Waals surface area contributed by atoms with Crippen LogP contribution in [0.5, 0.6) is 0 Å². The maximum absolute atomic E-state index is 12.4. The molecule has 122 valence electrons. The molecule has 1 rings (SSSR count). The number of amides is 1. The highest BCUT2D eigenvalue weighted by atomic mass is 16.5. The lowest BCUT2D eigenvalue weighted by Crippen LogP contribution is -2.41. The lowest BCUT2D eigenvalue weighted by atomic mass is 10.2. The highest BCUT2D eigenvalue weighted by Crippen LogP contribution is 2.15. The number of hydrogen-bond acceptors (Lipinski definition) is 5.